The van der Waals surface area contributed by atoms with Gasteiger partial charge in [0.25, 0.3) is 5.91 Å². The number of pyridine rings is 1. The second-order valence-electron chi connectivity index (χ2n) is 5.78. The SMILES string of the molecule is Cc1cc(C(=O)NCC2CCCO2)nc(NCc2cccnc2)n1. The topological polar surface area (TPSA) is 89.0 Å². The Bertz CT molecular complexity index is 687. The largest absolute Gasteiger partial charge is 0.376 e. The standard InChI is InChI=1S/C17H21N5O2/c1-12-8-15(16(23)19-11-14-5-3-7-24-14)22-17(21-12)20-10-13-4-2-6-18-9-13/h2,4,6,8-9,14H,3,5,7,10-11H2,1H3,(H,19,23)(H,20,21,22). The molecule has 3 rings (SSSR count). The van der Waals surface area contributed by atoms with Gasteiger partial charge in [-0.15, -0.1) is 0 Å². The molecule has 0 aliphatic carbocycles. The average Bonchev–Trinajstić information content (AvgIpc) is 3.12. The third-order valence-electron chi connectivity index (χ3n) is 3.77. The number of carbonyl (C=O) groups excluding carboxylic acids is 1. The molecule has 0 radical (unpaired) electrons. The number of hydrogen-bond acceptors (Lipinski definition) is 6. The van der Waals surface area contributed by atoms with Crippen molar-refractivity contribution in [3.05, 3.63) is 47.5 Å². The van der Waals surface area contributed by atoms with Gasteiger partial charge in [0.15, 0.2) is 0 Å². The third kappa shape index (κ3) is 4.48. The van der Waals surface area contributed by atoms with Gasteiger partial charge in [-0.25, -0.2) is 9.97 Å². The third-order valence-corrected chi connectivity index (χ3v) is 3.77. The number of nitrogens with one attached hydrogen (secondary N) is 2. The predicted octanol–water partition coefficient (Wildman–Crippen LogP) is 1.70. The summed E-state index contributed by atoms with van der Waals surface area (Å²) in [6.07, 6.45) is 5.65. The fourth-order valence-electron chi connectivity index (χ4n) is 2.55. The van der Waals surface area contributed by atoms with Crippen molar-refractivity contribution in [3.63, 3.8) is 0 Å². The Morgan fingerprint density at radius 1 is 1.42 bits per heavy atom. The van der Waals surface area contributed by atoms with Crippen LogP contribution in [0.5, 0.6) is 0 Å². The Labute approximate surface area is 140 Å². The highest BCUT2D eigenvalue weighted by molar-refractivity contribution is 5.92. The summed E-state index contributed by atoms with van der Waals surface area (Å²) in [7, 11) is 0. The molecule has 7 heteroatoms. The summed E-state index contributed by atoms with van der Waals surface area (Å²) >= 11 is 0. The van der Waals surface area contributed by atoms with Crippen LogP contribution < -0.4 is 10.6 Å². The van der Waals surface area contributed by atoms with Crippen LogP contribution >= 0.6 is 0 Å². The molecule has 1 unspecified atom stereocenters. The minimum absolute atomic E-state index is 0.111. The summed E-state index contributed by atoms with van der Waals surface area (Å²) in [5, 5.41) is 6.00. The number of amides is 1. The molecule has 2 N–H and O–H groups in total. The van der Waals surface area contributed by atoms with E-state index in [2.05, 4.69) is 25.6 Å². The van der Waals surface area contributed by atoms with Crippen LogP contribution in [0.15, 0.2) is 30.6 Å². The summed E-state index contributed by atoms with van der Waals surface area (Å²) in [5.74, 6) is 0.224. The summed E-state index contributed by atoms with van der Waals surface area (Å²) in [6, 6.07) is 5.52. The van der Waals surface area contributed by atoms with Crippen molar-refractivity contribution >= 4 is 11.9 Å². The van der Waals surface area contributed by atoms with Crippen LogP contribution in [0.4, 0.5) is 5.95 Å². The maximum absolute atomic E-state index is 12.3. The number of hydrogen-bond donors (Lipinski definition) is 2. The highest BCUT2D eigenvalue weighted by atomic mass is 16.5. The Balaban J connectivity index is 1.61. The number of ether oxygens (including phenoxy) is 1. The maximum Gasteiger partial charge on any atom is 0.270 e. The molecular weight excluding hydrogens is 306 g/mol. The molecule has 1 aliphatic heterocycles. The molecule has 1 atom stereocenters. The van der Waals surface area contributed by atoms with E-state index in [1.165, 1.54) is 0 Å². The molecule has 0 saturated carbocycles. The lowest BCUT2D eigenvalue weighted by molar-refractivity contribution is 0.0853. The van der Waals surface area contributed by atoms with Gasteiger partial charge in [-0.1, -0.05) is 6.07 Å². The van der Waals surface area contributed by atoms with E-state index in [0.29, 0.717) is 24.7 Å². The second-order valence-corrected chi connectivity index (χ2v) is 5.78. The first-order chi connectivity index (χ1) is 11.7. The van der Waals surface area contributed by atoms with Crippen molar-refractivity contribution in [3.8, 4) is 0 Å². The monoisotopic (exact) mass is 327 g/mol. The smallest absolute Gasteiger partial charge is 0.270 e. The number of aromatic nitrogens is 3. The first-order valence-electron chi connectivity index (χ1n) is 8.09. The predicted molar refractivity (Wildman–Crippen MR) is 89.6 cm³/mol. The molecule has 7 nitrogen and oxygen atoms in total. The summed E-state index contributed by atoms with van der Waals surface area (Å²) in [6.45, 7) is 3.68. The van der Waals surface area contributed by atoms with E-state index >= 15 is 0 Å². The number of anilines is 1. The minimum atomic E-state index is -0.208. The van der Waals surface area contributed by atoms with Crippen molar-refractivity contribution in [1.82, 2.24) is 20.3 Å². The van der Waals surface area contributed by atoms with Gasteiger partial charge in [0.05, 0.1) is 6.10 Å². The molecular formula is C17H21N5O2. The molecule has 1 saturated heterocycles. The molecule has 0 spiro atoms. The fourth-order valence-corrected chi connectivity index (χ4v) is 2.55. The molecule has 24 heavy (non-hydrogen) atoms. The van der Waals surface area contributed by atoms with E-state index in [4.69, 9.17) is 4.74 Å². The maximum atomic E-state index is 12.3. The number of aryl methyl sites for hydroxylation is 1. The van der Waals surface area contributed by atoms with E-state index in [-0.39, 0.29) is 12.0 Å². The molecule has 1 aliphatic rings. The van der Waals surface area contributed by atoms with E-state index in [1.54, 1.807) is 18.5 Å². The molecule has 1 fully saturated rings. The van der Waals surface area contributed by atoms with Crippen molar-refractivity contribution in [2.45, 2.75) is 32.4 Å². The quantitative estimate of drug-likeness (QED) is 0.839. The fraction of sp³-hybridized carbons (Fsp3) is 0.412. The molecule has 3 heterocycles. The van der Waals surface area contributed by atoms with E-state index in [0.717, 1.165) is 30.7 Å². The van der Waals surface area contributed by atoms with Gasteiger partial charge in [-0.05, 0) is 37.5 Å². The van der Waals surface area contributed by atoms with Gasteiger partial charge in [0.2, 0.25) is 5.95 Å². The summed E-state index contributed by atoms with van der Waals surface area (Å²) in [5.41, 5.74) is 2.11. The van der Waals surface area contributed by atoms with Crippen molar-refractivity contribution in [2.24, 2.45) is 0 Å². The van der Waals surface area contributed by atoms with Gasteiger partial charge in [-0.3, -0.25) is 9.78 Å². The summed E-state index contributed by atoms with van der Waals surface area (Å²) in [4.78, 5) is 25.0. The van der Waals surface area contributed by atoms with Gasteiger partial charge in [0.1, 0.15) is 5.69 Å². The van der Waals surface area contributed by atoms with E-state index < -0.39 is 0 Å². The zero-order chi connectivity index (χ0) is 16.8. The highest BCUT2D eigenvalue weighted by Gasteiger charge is 2.17. The van der Waals surface area contributed by atoms with Crippen LogP contribution in [-0.4, -0.2) is 40.1 Å². The Morgan fingerprint density at radius 3 is 3.08 bits per heavy atom. The van der Waals surface area contributed by atoms with Crippen molar-refractivity contribution in [1.29, 1.82) is 0 Å². The molecule has 2 aromatic heterocycles. The Morgan fingerprint density at radius 2 is 2.33 bits per heavy atom. The van der Waals surface area contributed by atoms with E-state index in [9.17, 15) is 4.79 Å². The molecule has 1 amide bonds. The second kappa shape index (κ2) is 7.83. The lowest BCUT2D eigenvalue weighted by Gasteiger charge is -2.11. The van der Waals surface area contributed by atoms with Crippen molar-refractivity contribution < 1.29 is 9.53 Å². The minimum Gasteiger partial charge on any atom is -0.376 e. The van der Waals surface area contributed by atoms with Crippen LogP contribution in [-0.2, 0) is 11.3 Å². The van der Waals surface area contributed by atoms with Gasteiger partial charge >= 0.3 is 0 Å². The van der Waals surface area contributed by atoms with Crippen LogP contribution in [0.2, 0.25) is 0 Å². The summed E-state index contributed by atoms with van der Waals surface area (Å²) < 4.78 is 5.51. The number of carbonyl (C=O) groups is 1. The molecule has 0 aromatic carbocycles. The normalized spacial score (nSPS) is 16.8. The lowest BCUT2D eigenvalue weighted by atomic mass is 10.2. The molecule has 0 bridgehead atoms. The molecule has 126 valence electrons. The zero-order valence-corrected chi connectivity index (χ0v) is 13.7. The molecule has 2 aromatic rings. The number of rotatable bonds is 6. The Hall–Kier alpha value is -2.54. The number of nitrogens with zero attached hydrogens (tertiary/aromatic N) is 3. The highest BCUT2D eigenvalue weighted by Crippen LogP contribution is 2.11. The first-order valence-corrected chi connectivity index (χ1v) is 8.09. The Kier molecular flexibility index (Phi) is 5.32. The van der Waals surface area contributed by atoms with E-state index in [1.807, 2.05) is 19.1 Å². The van der Waals surface area contributed by atoms with Crippen LogP contribution in [0, 0.1) is 6.92 Å². The van der Waals surface area contributed by atoms with Crippen LogP contribution in [0.25, 0.3) is 0 Å². The van der Waals surface area contributed by atoms with Crippen LogP contribution in [0.1, 0.15) is 34.6 Å². The first kappa shape index (κ1) is 16.3. The zero-order valence-electron chi connectivity index (χ0n) is 13.7. The average molecular weight is 327 g/mol. The lowest BCUT2D eigenvalue weighted by Crippen LogP contribution is -2.32. The van der Waals surface area contributed by atoms with Gasteiger partial charge < -0.3 is 15.4 Å². The van der Waals surface area contributed by atoms with Crippen LogP contribution in [0.3, 0.4) is 0 Å². The van der Waals surface area contributed by atoms with Gasteiger partial charge in [0, 0.05) is 37.8 Å². The van der Waals surface area contributed by atoms with Crippen molar-refractivity contribution in [2.75, 3.05) is 18.5 Å². The van der Waals surface area contributed by atoms with Gasteiger partial charge in [-0.2, -0.15) is 0 Å².